The number of benzene rings is 1. The first-order chi connectivity index (χ1) is 11.5. The van der Waals surface area contributed by atoms with Gasteiger partial charge in [-0.15, -0.1) is 0 Å². The second kappa shape index (κ2) is 7.05. The zero-order valence-corrected chi connectivity index (χ0v) is 14.5. The Labute approximate surface area is 142 Å². The SMILES string of the molecule is Cc1cc(NC(=O)CN2CCC[C@H]2c2cccc(N(C)C)c2)no1. The van der Waals surface area contributed by atoms with Crippen molar-refractivity contribution in [2.45, 2.75) is 25.8 Å². The first-order valence-electron chi connectivity index (χ1n) is 8.27. The summed E-state index contributed by atoms with van der Waals surface area (Å²) in [4.78, 5) is 16.6. The molecule has 0 unspecified atom stereocenters. The van der Waals surface area contributed by atoms with Crippen molar-refractivity contribution in [1.82, 2.24) is 10.1 Å². The summed E-state index contributed by atoms with van der Waals surface area (Å²) < 4.78 is 4.98. The van der Waals surface area contributed by atoms with Crippen LogP contribution < -0.4 is 10.2 Å². The van der Waals surface area contributed by atoms with E-state index in [-0.39, 0.29) is 11.9 Å². The average Bonchev–Trinajstić information content (AvgIpc) is 3.16. The number of hydrogen-bond donors (Lipinski definition) is 1. The zero-order chi connectivity index (χ0) is 17.1. The minimum atomic E-state index is -0.0565. The fourth-order valence-corrected chi connectivity index (χ4v) is 3.20. The molecule has 0 saturated carbocycles. The fourth-order valence-electron chi connectivity index (χ4n) is 3.20. The number of nitrogens with zero attached hydrogens (tertiary/aromatic N) is 3. The maximum absolute atomic E-state index is 12.3. The lowest BCUT2D eigenvalue weighted by Gasteiger charge is -2.25. The number of likely N-dealkylation sites (tertiary alicyclic amines) is 1. The Hall–Kier alpha value is -2.34. The lowest BCUT2D eigenvalue weighted by molar-refractivity contribution is -0.117. The molecule has 1 fully saturated rings. The highest BCUT2D eigenvalue weighted by Crippen LogP contribution is 2.33. The third kappa shape index (κ3) is 3.76. The van der Waals surface area contributed by atoms with Crippen LogP contribution in [0.15, 0.2) is 34.9 Å². The van der Waals surface area contributed by atoms with Gasteiger partial charge in [-0.25, -0.2) is 0 Å². The van der Waals surface area contributed by atoms with Gasteiger partial charge < -0.3 is 14.7 Å². The maximum Gasteiger partial charge on any atom is 0.239 e. The van der Waals surface area contributed by atoms with Gasteiger partial charge in [0.1, 0.15) is 5.76 Å². The number of hydrogen-bond acceptors (Lipinski definition) is 5. The molecule has 1 amide bonds. The number of carbonyl (C=O) groups excluding carboxylic acids is 1. The van der Waals surface area contributed by atoms with E-state index in [9.17, 15) is 4.79 Å². The molecule has 1 atom stereocenters. The van der Waals surface area contributed by atoms with Crippen LogP contribution >= 0.6 is 0 Å². The van der Waals surface area contributed by atoms with E-state index in [1.165, 1.54) is 11.3 Å². The molecule has 0 bridgehead atoms. The lowest BCUT2D eigenvalue weighted by Crippen LogP contribution is -2.33. The van der Waals surface area contributed by atoms with E-state index in [4.69, 9.17) is 4.52 Å². The molecule has 1 saturated heterocycles. The molecule has 1 aromatic heterocycles. The average molecular weight is 328 g/mol. The molecule has 0 aliphatic carbocycles. The molecule has 3 rings (SSSR count). The van der Waals surface area contributed by atoms with Crippen molar-refractivity contribution in [2.75, 3.05) is 37.4 Å². The third-order valence-electron chi connectivity index (χ3n) is 4.38. The summed E-state index contributed by atoms with van der Waals surface area (Å²) in [5.74, 6) is 1.10. The van der Waals surface area contributed by atoms with E-state index < -0.39 is 0 Å². The van der Waals surface area contributed by atoms with Gasteiger partial charge in [-0.3, -0.25) is 9.69 Å². The number of carbonyl (C=O) groups is 1. The van der Waals surface area contributed by atoms with Crippen molar-refractivity contribution in [3.05, 3.63) is 41.7 Å². The van der Waals surface area contributed by atoms with E-state index in [1.807, 2.05) is 14.1 Å². The van der Waals surface area contributed by atoms with Gasteiger partial charge in [0, 0.05) is 31.9 Å². The molecule has 6 heteroatoms. The Balaban J connectivity index is 1.67. The summed E-state index contributed by atoms with van der Waals surface area (Å²) in [6, 6.07) is 10.5. The number of aryl methyl sites for hydroxylation is 1. The van der Waals surface area contributed by atoms with Crippen LogP contribution in [0.2, 0.25) is 0 Å². The summed E-state index contributed by atoms with van der Waals surface area (Å²) in [6.07, 6.45) is 2.18. The van der Waals surface area contributed by atoms with Crippen LogP contribution in [0, 0.1) is 6.92 Å². The number of amides is 1. The molecule has 2 heterocycles. The Morgan fingerprint density at radius 1 is 1.42 bits per heavy atom. The van der Waals surface area contributed by atoms with Crippen molar-refractivity contribution in [2.24, 2.45) is 0 Å². The molecule has 2 aromatic rings. The molecule has 24 heavy (non-hydrogen) atoms. The van der Waals surface area contributed by atoms with Gasteiger partial charge in [-0.1, -0.05) is 17.3 Å². The molecular weight excluding hydrogens is 304 g/mol. The van der Waals surface area contributed by atoms with Crippen molar-refractivity contribution in [3.63, 3.8) is 0 Å². The molecular formula is C18H24N4O2. The highest BCUT2D eigenvalue weighted by atomic mass is 16.5. The standard InChI is InChI=1S/C18H24N4O2/c1-13-10-17(20-24-13)19-18(23)12-22-9-5-8-16(22)14-6-4-7-15(11-14)21(2)3/h4,6-7,10-11,16H,5,8-9,12H2,1-3H3,(H,19,20,23)/t16-/m0/s1. The monoisotopic (exact) mass is 328 g/mol. The second-order valence-corrected chi connectivity index (χ2v) is 6.49. The normalized spacial score (nSPS) is 17.9. The van der Waals surface area contributed by atoms with E-state index in [1.54, 1.807) is 13.0 Å². The first kappa shape index (κ1) is 16.5. The van der Waals surface area contributed by atoms with E-state index in [0.29, 0.717) is 18.1 Å². The van der Waals surface area contributed by atoms with Crippen LogP contribution in [0.4, 0.5) is 11.5 Å². The topological polar surface area (TPSA) is 61.6 Å². The molecule has 0 radical (unpaired) electrons. The Morgan fingerprint density at radius 2 is 2.25 bits per heavy atom. The van der Waals surface area contributed by atoms with Crippen LogP contribution in [-0.4, -0.2) is 43.1 Å². The Bertz CT molecular complexity index is 711. The Morgan fingerprint density at radius 3 is 2.96 bits per heavy atom. The van der Waals surface area contributed by atoms with Gasteiger partial charge in [-0.05, 0) is 44.0 Å². The molecule has 1 aliphatic rings. The highest BCUT2D eigenvalue weighted by Gasteiger charge is 2.28. The number of rotatable bonds is 5. The fraction of sp³-hybridized carbons (Fsp3) is 0.444. The van der Waals surface area contributed by atoms with Crippen LogP contribution in [0.5, 0.6) is 0 Å². The highest BCUT2D eigenvalue weighted by molar-refractivity contribution is 5.91. The molecule has 1 aromatic carbocycles. The third-order valence-corrected chi connectivity index (χ3v) is 4.38. The molecule has 1 aliphatic heterocycles. The van der Waals surface area contributed by atoms with Gasteiger partial charge in [-0.2, -0.15) is 0 Å². The largest absolute Gasteiger partial charge is 0.378 e. The zero-order valence-electron chi connectivity index (χ0n) is 14.5. The number of anilines is 2. The molecule has 128 valence electrons. The molecule has 6 nitrogen and oxygen atoms in total. The Kier molecular flexibility index (Phi) is 4.85. The van der Waals surface area contributed by atoms with Crippen molar-refractivity contribution in [3.8, 4) is 0 Å². The number of aromatic nitrogens is 1. The predicted molar refractivity (Wildman–Crippen MR) is 94.2 cm³/mol. The first-order valence-corrected chi connectivity index (χ1v) is 8.27. The van der Waals surface area contributed by atoms with Crippen molar-refractivity contribution in [1.29, 1.82) is 0 Å². The van der Waals surface area contributed by atoms with E-state index in [2.05, 4.69) is 44.5 Å². The minimum Gasteiger partial charge on any atom is -0.378 e. The van der Waals surface area contributed by atoms with Crippen LogP contribution in [0.25, 0.3) is 0 Å². The van der Waals surface area contributed by atoms with Crippen molar-refractivity contribution < 1.29 is 9.32 Å². The van der Waals surface area contributed by atoms with Crippen LogP contribution in [0.1, 0.15) is 30.2 Å². The van der Waals surface area contributed by atoms with E-state index >= 15 is 0 Å². The summed E-state index contributed by atoms with van der Waals surface area (Å²) >= 11 is 0. The quantitative estimate of drug-likeness (QED) is 0.914. The van der Waals surface area contributed by atoms with Gasteiger partial charge in [0.2, 0.25) is 5.91 Å². The molecule has 1 N–H and O–H groups in total. The summed E-state index contributed by atoms with van der Waals surface area (Å²) in [5, 5.41) is 6.61. The van der Waals surface area contributed by atoms with Crippen molar-refractivity contribution >= 4 is 17.4 Å². The summed E-state index contributed by atoms with van der Waals surface area (Å²) in [5.41, 5.74) is 2.45. The molecule has 0 spiro atoms. The van der Waals surface area contributed by atoms with Gasteiger partial charge in [0.15, 0.2) is 5.82 Å². The van der Waals surface area contributed by atoms with Gasteiger partial charge in [0.25, 0.3) is 0 Å². The predicted octanol–water partition coefficient (Wildman–Crippen LogP) is 2.82. The van der Waals surface area contributed by atoms with E-state index in [0.717, 1.165) is 19.4 Å². The maximum atomic E-state index is 12.3. The smallest absolute Gasteiger partial charge is 0.239 e. The van der Waals surface area contributed by atoms with Crippen LogP contribution in [0.3, 0.4) is 0 Å². The van der Waals surface area contributed by atoms with Crippen LogP contribution in [-0.2, 0) is 4.79 Å². The second-order valence-electron chi connectivity index (χ2n) is 6.49. The van der Waals surface area contributed by atoms with Gasteiger partial charge in [0.05, 0.1) is 6.54 Å². The van der Waals surface area contributed by atoms with Gasteiger partial charge >= 0.3 is 0 Å². The summed E-state index contributed by atoms with van der Waals surface area (Å²) in [6.45, 7) is 3.10. The lowest BCUT2D eigenvalue weighted by atomic mass is 10.0. The minimum absolute atomic E-state index is 0.0565. The summed E-state index contributed by atoms with van der Waals surface area (Å²) in [7, 11) is 4.08. The number of nitrogens with one attached hydrogen (secondary N) is 1.